The Hall–Kier alpha value is -2.07. The third-order valence-electron chi connectivity index (χ3n) is 2.77. The molecule has 1 aromatic carbocycles. The maximum absolute atomic E-state index is 12.3. The van der Waals surface area contributed by atoms with Crippen LogP contribution in [0.2, 0.25) is 5.15 Å². The van der Waals surface area contributed by atoms with Crippen molar-refractivity contribution in [2.24, 2.45) is 0 Å². The fraction of sp³-hybridized carbons (Fsp3) is 0.250. The summed E-state index contributed by atoms with van der Waals surface area (Å²) in [5.74, 6) is 0.458. The molecule has 110 valence electrons. The number of carbonyl (C=O) groups is 1. The van der Waals surface area contributed by atoms with E-state index < -0.39 is 0 Å². The maximum Gasteiger partial charge on any atom is 0.255 e. The third-order valence-corrected chi connectivity index (χ3v) is 2.98. The fourth-order valence-electron chi connectivity index (χ4n) is 1.84. The van der Waals surface area contributed by atoms with Crippen molar-refractivity contribution in [3.63, 3.8) is 0 Å². The molecule has 0 aliphatic heterocycles. The summed E-state index contributed by atoms with van der Waals surface area (Å²) in [6.45, 7) is 5.67. The van der Waals surface area contributed by atoms with Crippen molar-refractivity contribution in [2.45, 2.75) is 26.9 Å². The van der Waals surface area contributed by atoms with Crippen LogP contribution in [0.5, 0.6) is 5.75 Å². The lowest BCUT2D eigenvalue weighted by Gasteiger charge is -2.11. The number of hydrogen-bond acceptors (Lipinski definition) is 3. The quantitative estimate of drug-likeness (QED) is 0.866. The van der Waals surface area contributed by atoms with Crippen LogP contribution in [0, 0.1) is 6.92 Å². The van der Waals surface area contributed by atoms with E-state index in [1.165, 1.54) is 0 Å². The Morgan fingerprint density at radius 1 is 1.29 bits per heavy atom. The lowest BCUT2D eigenvalue weighted by molar-refractivity contribution is 0.102. The Labute approximate surface area is 129 Å². The zero-order valence-corrected chi connectivity index (χ0v) is 12.9. The highest BCUT2D eigenvalue weighted by Crippen LogP contribution is 2.19. The minimum absolute atomic E-state index is 0.0611. The average molecular weight is 305 g/mol. The molecule has 0 fully saturated rings. The molecule has 0 bridgehead atoms. The molecular weight excluding hydrogens is 288 g/mol. The number of amides is 1. The number of pyridine rings is 1. The monoisotopic (exact) mass is 304 g/mol. The average Bonchev–Trinajstić information content (AvgIpc) is 2.41. The fourth-order valence-corrected chi connectivity index (χ4v) is 2.03. The number of aryl methyl sites for hydroxylation is 1. The third kappa shape index (κ3) is 4.20. The molecule has 4 nitrogen and oxygen atoms in total. The Morgan fingerprint density at radius 2 is 2.05 bits per heavy atom. The van der Waals surface area contributed by atoms with Gasteiger partial charge in [-0.25, -0.2) is 4.98 Å². The van der Waals surface area contributed by atoms with Crippen LogP contribution in [-0.2, 0) is 0 Å². The van der Waals surface area contributed by atoms with Crippen molar-refractivity contribution in [2.75, 3.05) is 5.32 Å². The van der Waals surface area contributed by atoms with Gasteiger partial charge < -0.3 is 10.1 Å². The number of hydrogen-bond donors (Lipinski definition) is 1. The summed E-state index contributed by atoms with van der Waals surface area (Å²) < 4.78 is 5.58. The van der Waals surface area contributed by atoms with E-state index in [2.05, 4.69) is 10.3 Å². The molecular formula is C16H17ClN2O2. The van der Waals surface area contributed by atoms with Gasteiger partial charge in [0.15, 0.2) is 0 Å². The van der Waals surface area contributed by atoms with Gasteiger partial charge in [-0.1, -0.05) is 17.7 Å². The van der Waals surface area contributed by atoms with Gasteiger partial charge in [-0.15, -0.1) is 0 Å². The number of rotatable bonds is 4. The van der Waals surface area contributed by atoms with E-state index in [4.69, 9.17) is 16.3 Å². The molecule has 1 amide bonds. The summed E-state index contributed by atoms with van der Waals surface area (Å²) >= 11 is 5.80. The molecule has 21 heavy (non-hydrogen) atoms. The van der Waals surface area contributed by atoms with Crippen LogP contribution in [0.1, 0.15) is 29.9 Å². The minimum atomic E-state index is -0.212. The topological polar surface area (TPSA) is 51.2 Å². The Morgan fingerprint density at radius 3 is 2.71 bits per heavy atom. The van der Waals surface area contributed by atoms with E-state index in [0.717, 1.165) is 0 Å². The van der Waals surface area contributed by atoms with Crippen LogP contribution in [0.25, 0.3) is 0 Å². The number of anilines is 1. The number of nitrogens with one attached hydrogen (secondary N) is 1. The number of halogens is 1. The molecule has 0 radical (unpaired) electrons. The molecule has 0 unspecified atom stereocenters. The van der Waals surface area contributed by atoms with E-state index in [1.807, 2.05) is 19.9 Å². The first-order chi connectivity index (χ1) is 9.95. The summed E-state index contributed by atoms with van der Waals surface area (Å²) in [6.07, 6.45) is 0.0611. The molecule has 0 spiro atoms. The summed E-state index contributed by atoms with van der Waals surface area (Å²) in [6, 6.07) is 10.4. The molecule has 5 heteroatoms. The van der Waals surface area contributed by atoms with Crippen LogP contribution in [0.4, 0.5) is 5.69 Å². The molecule has 0 aliphatic rings. The second-order valence-corrected chi connectivity index (χ2v) is 5.30. The molecule has 1 N–H and O–H groups in total. The van der Waals surface area contributed by atoms with Crippen LogP contribution in [-0.4, -0.2) is 17.0 Å². The predicted molar refractivity (Wildman–Crippen MR) is 84.1 cm³/mol. The molecule has 0 saturated carbocycles. The van der Waals surface area contributed by atoms with E-state index in [9.17, 15) is 4.79 Å². The summed E-state index contributed by atoms with van der Waals surface area (Å²) in [5.41, 5.74) is 1.84. The van der Waals surface area contributed by atoms with Gasteiger partial charge in [0.25, 0.3) is 5.91 Å². The number of nitrogens with zero attached hydrogens (tertiary/aromatic N) is 1. The summed E-state index contributed by atoms with van der Waals surface area (Å²) in [7, 11) is 0. The SMILES string of the molecule is Cc1nc(Cl)ccc1NC(=O)c1cccc(OC(C)C)c1. The van der Waals surface area contributed by atoms with Gasteiger partial charge in [0, 0.05) is 5.56 Å². The Kier molecular flexibility index (Phi) is 4.81. The maximum atomic E-state index is 12.3. The van der Waals surface area contributed by atoms with Gasteiger partial charge in [-0.3, -0.25) is 4.79 Å². The minimum Gasteiger partial charge on any atom is -0.491 e. The molecule has 0 saturated heterocycles. The first-order valence-electron chi connectivity index (χ1n) is 6.67. The highest BCUT2D eigenvalue weighted by molar-refractivity contribution is 6.29. The van der Waals surface area contributed by atoms with E-state index in [1.54, 1.807) is 37.3 Å². The largest absolute Gasteiger partial charge is 0.491 e. The highest BCUT2D eigenvalue weighted by Gasteiger charge is 2.10. The van der Waals surface area contributed by atoms with Crippen molar-refractivity contribution >= 4 is 23.2 Å². The Balaban J connectivity index is 2.16. The predicted octanol–water partition coefficient (Wildman–Crippen LogP) is 4.08. The van der Waals surface area contributed by atoms with E-state index in [-0.39, 0.29) is 12.0 Å². The van der Waals surface area contributed by atoms with Gasteiger partial charge in [-0.05, 0) is 51.1 Å². The van der Waals surface area contributed by atoms with Crippen molar-refractivity contribution in [1.82, 2.24) is 4.98 Å². The normalized spacial score (nSPS) is 10.5. The Bertz CT molecular complexity index is 656. The second kappa shape index (κ2) is 6.59. The van der Waals surface area contributed by atoms with Crippen molar-refractivity contribution < 1.29 is 9.53 Å². The molecule has 0 atom stereocenters. The molecule has 2 rings (SSSR count). The smallest absolute Gasteiger partial charge is 0.255 e. The van der Waals surface area contributed by atoms with Gasteiger partial charge in [0.2, 0.25) is 0 Å². The van der Waals surface area contributed by atoms with Crippen LogP contribution < -0.4 is 10.1 Å². The first-order valence-corrected chi connectivity index (χ1v) is 7.04. The zero-order valence-electron chi connectivity index (χ0n) is 12.2. The number of benzene rings is 1. The van der Waals surface area contributed by atoms with Crippen LogP contribution >= 0.6 is 11.6 Å². The second-order valence-electron chi connectivity index (χ2n) is 4.92. The first kappa shape index (κ1) is 15.3. The lowest BCUT2D eigenvalue weighted by Crippen LogP contribution is -2.14. The lowest BCUT2D eigenvalue weighted by atomic mass is 10.2. The van der Waals surface area contributed by atoms with Crippen LogP contribution in [0.3, 0.4) is 0 Å². The van der Waals surface area contributed by atoms with E-state index in [0.29, 0.717) is 27.8 Å². The zero-order chi connectivity index (χ0) is 15.4. The van der Waals surface area contributed by atoms with Crippen molar-refractivity contribution in [3.8, 4) is 5.75 Å². The van der Waals surface area contributed by atoms with Gasteiger partial charge in [-0.2, -0.15) is 0 Å². The molecule has 1 aromatic heterocycles. The summed E-state index contributed by atoms with van der Waals surface area (Å²) in [4.78, 5) is 16.4. The number of aromatic nitrogens is 1. The summed E-state index contributed by atoms with van der Waals surface area (Å²) in [5, 5.41) is 3.22. The standard InChI is InChI=1S/C16H17ClN2O2/c1-10(2)21-13-6-4-5-12(9-13)16(20)19-14-7-8-15(17)18-11(14)3/h4-10H,1-3H3,(H,19,20). The number of carbonyl (C=O) groups excluding carboxylic acids is 1. The number of ether oxygens (including phenoxy) is 1. The van der Waals surface area contributed by atoms with Gasteiger partial charge >= 0.3 is 0 Å². The van der Waals surface area contributed by atoms with Gasteiger partial charge in [0.1, 0.15) is 10.9 Å². The molecule has 2 aromatic rings. The highest BCUT2D eigenvalue weighted by atomic mass is 35.5. The van der Waals surface area contributed by atoms with Gasteiger partial charge in [0.05, 0.1) is 17.5 Å². The van der Waals surface area contributed by atoms with E-state index >= 15 is 0 Å². The molecule has 1 heterocycles. The van der Waals surface area contributed by atoms with Crippen molar-refractivity contribution in [3.05, 3.63) is 52.8 Å². The van der Waals surface area contributed by atoms with Crippen LogP contribution in [0.15, 0.2) is 36.4 Å². The molecule has 0 aliphatic carbocycles. The van der Waals surface area contributed by atoms with Crippen molar-refractivity contribution in [1.29, 1.82) is 0 Å².